The molecule has 0 aromatic heterocycles. The molecule has 2 amide bonds. The summed E-state index contributed by atoms with van der Waals surface area (Å²) in [6, 6.07) is 25.4. The number of halogens is 3. The number of allylic oxidation sites excluding steroid dienone is 1. The molecule has 1 aliphatic carbocycles. The first-order valence-electron chi connectivity index (χ1n) is 17.0. The minimum absolute atomic E-state index is 0.0810. The van der Waals surface area contributed by atoms with Gasteiger partial charge in [0.15, 0.2) is 5.79 Å². The van der Waals surface area contributed by atoms with Gasteiger partial charge in [0, 0.05) is 37.4 Å². The highest BCUT2D eigenvalue weighted by atomic mass is 19.4. The number of carbonyl (C=O) groups excluding carboxylic acids is 2. The van der Waals surface area contributed by atoms with Crippen molar-refractivity contribution in [3.05, 3.63) is 119 Å². The molecule has 13 heteroatoms. The van der Waals surface area contributed by atoms with Crippen molar-refractivity contribution in [1.29, 1.82) is 0 Å². The number of hydrogen-bond donors (Lipinski definition) is 3. The van der Waals surface area contributed by atoms with Crippen LogP contribution in [0.4, 0.5) is 13.2 Å². The minimum Gasteiger partial charge on any atom is -0.475 e. The maximum Gasteiger partial charge on any atom is 0.490 e. The quantitative estimate of drug-likeness (QED) is 0.175. The second kappa shape index (κ2) is 19.1. The molecule has 1 saturated heterocycles. The average molecular weight is 724 g/mol. The van der Waals surface area contributed by atoms with E-state index in [0.29, 0.717) is 37.6 Å². The zero-order valence-corrected chi connectivity index (χ0v) is 29.0. The first-order chi connectivity index (χ1) is 24.9. The number of aliphatic carboxylic acids is 1. The molecule has 1 aliphatic heterocycles. The van der Waals surface area contributed by atoms with Gasteiger partial charge in [0.05, 0.1) is 13.2 Å². The number of rotatable bonds is 14. The van der Waals surface area contributed by atoms with Crippen LogP contribution >= 0.6 is 0 Å². The molecule has 0 spiro atoms. The van der Waals surface area contributed by atoms with Crippen molar-refractivity contribution < 1.29 is 47.2 Å². The molecule has 0 saturated carbocycles. The number of carboxylic acids is 1. The Hall–Kier alpha value is -4.82. The van der Waals surface area contributed by atoms with E-state index in [1.165, 1.54) is 12.8 Å². The van der Waals surface area contributed by atoms with Crippen molar-refractivity contribution in [2.24, 2.45) is 0 Å². The van der Waals surface area contributed by atoms with Gasteiger partial charge in [0.2, 0.25) is 0 Å². The lowest BCUT2D eigenvalue weighted by Gasteiger charge is -2.30. The molecule has 3 aromatic rings. The third-order valence-electron chi connectivity index (χ3n) is 8.34. The summed E-state index contributed by atoms with van der Waals surface area (Å²) in [6.45, 7) is 6.45. The number of alkyl halides is 3. The van der Waals surface area contributed by atoms with Crippen molar-refractivity contribution in [2.75, 3.05) is 39.4 Å². The molecule has 1 unspecified atom stereocenters. The van der Waals surface area contributed by atoms with E-state index in [4.69, 9.17) is 19.4 Å². The molecular formula is C39H44F3N3O7. The van der Waals surface area contributed by atoms with E-state index in [9.17, 15) is 27.9 Å². The lowest BCUT2D eigenvalue weighted by molar-refractivity contribution is -0.192. The number of nitrogens with one attached hydrogen (secondary N) is 1. The van der Waals surface area contributed by atoms with Crippen LogP contribution in [-0.2, 0) is 32.2 Å². The molecule has 278 valence electrons. The number of ether oxygens (including phenoxy) is 2. The zero-order valence-electron chi connectivity index (χ0n) is 29.0. The number of likely N-dealkylation sites (tertiary alicyclic amines) is 1. The van der Waals surface area contributed by atoms with E-state index >= 15 is 0 Å². The average Bonchev–Trinajstić information content (AvgIpc) is 3.65. The Balaban J connectivity index is 0.000000785. The summed E-state index contributed by atoms with van der Waals surface area (Å²) in [4.78, 5) is 39.4. The fraction of sp³-hybridized carbons (Fsp3) is 0.359. The largest absolute Gasteiger partial charge is 0.490 e. The van der Waals surface area contributed by atoms with Gasteiger partial charge in [-0.3, -0.25) is 9.59 Å². The summed E-state index contributed by atoms with van der Waals surface area (Å²) in [5, 5.41) is 20.9. The molecule has 1 heterocycles. The first-order valence-corrected chi connectivity index (χ1v) is 17.0. The van der Waals surface area contributed by atoms with Crippen molar-refractivity contribution in [3.63, 3.8) is 0 Å². The minimum atomic E-state index is -5.08. The molecule has 3 N–H and O–H groups in total. The highest BCUT2D eigenvalue weighted by Crippen LogP contribution is 2.27. The van der Waals surface area contributed by atoms with Crippen LogP contribution in [-0.4, -0.2) is 89.2 Å². The van der Waals surface area contributed by atoms with Gasteiger partial charge in [0.25, 0.3) is 11.8 Å². The third-order valence-corrected chi connectivity index (χ3v) is 8.34. The summed E-state index contributed by atoms with van der Waals surface area (Å²) >= 11 is 0. The van der Waals surface area contributed by atoms with Crippen LogP contribution < -0.4 is 5.32 Å². The Bertz CT molecular complexity index is 1710. The van der Waals surface area contributed by atoms with Crippen molar-refractivity contribution in [3.8, 4) is 11.1 Å². The standard InChI is InChI=1S/C37H43N3O5.C2HF3O2/c1-2-45-37(43)18-16-34(17-19-37)40(35(41)28-44-27-29-10-4-3-5-11-29)26-30-12-8-13-31(24-30)32-14-9-15-33(25-32)36(42)38-20-23-39-21-6-7-22-39;3-2(4,5)1(6)7/h3-5,8-18,24-25,43H,2,6-7,19-23,26-28H2,1H3,(H,38,42);(H,6,7). The highest BCUT2D eigenvalue weighted by molar-refractivity contribution is 5.95. The molecule has 0 bridgehead atoms. The van der Waals surface area contributed by atoms with Crippen molar-refractivity contribution in [2.45, 2.75) is 51.3 Å². The van der Waals surface area contributed by atoms with E-state index in [1.807, 2.05) is 91.9 Å². The van der Waals surface area contributed by atoms with Gasteiger partial charge in [-0.25, -0.2) is 4.79 Å². The number of benzene rings is 3. The summed E-state index contributed by atoms with van der Waals surface area (Å²) in [5.41, 5.74) is 5.07. The number of nitrogens with zero attached hydrogens (tertiary/aromatic N) is 2. The van der Waals surface area contributed by atoms with Crippen LogP contribution in [0.15, 0.2) is 103 Å². The molecular weight excluding hydrogens is 679 g/mol. The highest BCUT2D eigenvalue weighted by Gasteiger charge is 2.38. The van der Waals surface area contributed by atoms with Crippen molar-refractivity contribution in [1.82, 2.24) is 15.1 Å². The number of amides is 2. The van der Waals surface area contributed by atoms with Gasteiger partial charge >= 0.3 is 12.1 Å². The van der Waals surface area contributed by atoms with E-state index in [1.54, 1.807) is 17.1 Å². The molecule has 3 aromatic carbocycles. The molecule has 5 rings (SSSR count). The second-order valence-electron chi connectivity index (χ2n) is 12.3. The topological polar surface area (TPSA) is 129 Å². The number of carbonyl (C=O) groups is 3. The lowest BCUT2D eigenvalue weighted by atomic mass is 10.00. The van der Waals surface area contributed by atoms with Crippen LogP contribution in [0, 0.1) is 0 Å². The monoisotopic (exact) mass is 723 g/mol. The van der Waals surface area contributed by atoms with Gasteiger partial charge in [-0.2, -0.15) is 13.2 Å². The molecule has 1 fully saturated rings. The smallest absolute Gasteiger partial charge is 0.475 e. The van der Waals surface area contributed by atoms with Crippen LogP contribution in [0.1, 0.15) is 47.7 Å². The predicted octanol–water partition coefficient (Wildman–Crippen LogP) is 5.93. The van der Waals surface area contributed by atoms with Crippen LogP contribution in [0.5, 0.6) is 0 Å². The van der Waals surface area contributed by atoms with Gasteiger partial charge in [-0.15, -0.1) is 0 Å². The molecule has 52 heavy (non-hydrogen) atoms. The van der Waals surface area contributed by atoms with Gasteiger partial charge in [0.1, 0.15) is 6.61 Å². The number of hydrogen-bond acceptors (Lipinski definition) is 7. The Labute approximate surface area is 301 Å². The van der Waals surface area contributed by atoms with Crippen LogP contribution in [0.25, 0.3) is 11.1 Å². The van der Waals surface area contributed by atoms with Gasteiger partial charge in [-0.1, -0.05) is 66.7 Å². The van der Waals surface area contributed by atoms with E-state index in [-0.39, 0.29) is 24.8 Å². The number of carboxylic acid groups (broad SMARTS) is 1. The fourth-order valence-corrected chi connectivity index (χ4v) is 5.70. The normalized spacial score (nSPS) is 17.1. The summed E-state index contributed by atoms with van der Waals surface area (Å²) in [6.07, 6.45) is 2.75. The fourth-order valence-electron chi connectivity index (χ4n) is 5.70. The van der Waals surface area contributed by atoms with Gasteiger partial charge < -0.3 is 34.8 Å². The molecule has 0 radical (unpaired) electrons. The Morgan fingerprint density at radius 2 is 1.60 bits per heavy atom. The summed E-state index contributed by atoms with van der Waals surface area (Å²) in [5.74, 6) is -4.42. The van der Waals surface area contributed by atoms with Crippen LogP contribution in [0.3, 0.4) is 0 Å². The lowest BCUT2D eigenvalue weighted by Crippen LogP contribution is -2.36. The van der Waals surface area contributed by atoms with Crippen LogP contribution in [0.2, 0.25) is 0 Å². The molecule has 1 atom stereocenters. The Kier molecular flexibility index (Phi) is 14.7. The van der Waals surface area contributed by atoms with E-state index < -0.39 is 17.9 Å². The third kappa shape index (κ3) is 12.4. The Morgan fingerprint density at radius 1 is 0.942 bits per heavy atom. The zero-order chi connectivity index (χ0) is 37.6. The summed E-state index contributed by atoms with van der Waals surface area (Å²) < 4.78 is 43.0. The van der Waals surface area contributed by atoms with E-state index in [2.05, 4.69) is 10.2 Å². The second-order valence-corrected chi connectivity index (χ2v) is 12.3. The maximum absolute atomic E-state index is 13.6. The molecule has 2 aliphatic rings. The number of aliphatic hydroxyl groups is 1. The SMILES string of the molecule is CCOC1(O)C=CC(N(Cc2cccc(-c3cccc(C(=O)NCCN4CCCC4)c3)c2)C(=O)COCc2ccccc2)=CC1.O=C(O)C(F)(F)F. The first kappa shape index (κ1) is 40.0. The Morgan fingerprint density at radius 3 is 2.23 bits per heavy atom. The predicted molar refractivity (Wildman–Crippen MR) is 189 cm³/mol. The molecule has 10 nitrogen and oxygen atoms in total. The van der Waals surface area contributed by atoms with E-state index in [0.717, 1.165) is 41.9 Å². The summed E-state index contributed by atoms with van der Waals surface area (Å²) in [7, 11) is 0. The maximum atomic E-state index is 13.6. The van der Waals surface area contributed by atoms with Gasteiger partial charge in [-0.05, 0) is 85.5 Å². The van der Waals surface area contributed by atoms with Crippen molar-refractivity contribution >= 4 is 17.8 Å².